The predicted octanol–water partition coefficient (Wildman–Crippen LogP) is 3.69. The molecule has 0 aliphatic carbocycles. The SMILES string of the molecule is C[C@@H](NCc1ccc(F)c(C#N)c1)c1ccc(F)cc1. The fraction of sp³-hybridized carbons (Fsp3) is 0.188. The van der Waals surface area contributed by atoms with Crippen molar-refractivity contribution in [2.24, 2.45) is 0 Å². The maximum atomic E-state index is 13.2. The number of nitrogens with one attached hydrogen (secondary N) is 1. The van der Waals surface area contributed by atoms with E-state index < -0.39 is 5.82 Å². The molecule has 0 unspecified atom stereocenters. The third-order valence-corrected chi connectivity index (χ3v) is 3.13. The molecule has 4 heteroatoms. The molecule has 0 heterocycles. The van der Waals surface area contributed by atoms with Crippen molar-refractivity contribution in [2.75, 3.05) is 0 Å². The molecule has 0 fully saturated rings. The highest BCUT2D eigenvalue weighted by molar-refractivity contribution is 5.34. The van der Waals surface area contributed by atoms with Crippen LogP contribution in [-0.2, 0) is 6.54 Å². The number of halogens is 2. The van der Waals surface area contributed by atoms with Gasteiger partial charge >= 0.3 is 0 Å². The number of nitriles is 1. The molecular formula is C16H14F2N2. The van der Waals surface area contributed by atoms with Crippen LogP contribution in [0.5, 0.6) is 0 Å². The normalized spacial score (nSPS) is 11.9. The highest BCUT2D eigenvalue weighted by atomic mass is 19.1. The maximum absolute atomic E-state index is 13.2. The van der Waals surface area contributed by atoms with Gasteiger partial charge in [0.15, 0.2) is 0 Å². The van der Waals surface area contributed by atoms with Crippen LogP contribution in [0, 0.1) is 23.0 Å². The lowest BCUT2D eigenvalue weighted by Crippen LogP contribution is -2.18. The van der Waals surface area contributed by atoms with Gasteiger partial charge in [-0.2, -0.15) is 5.26 Å². The Kier molecular flexibility index (Phi) is 4.44. The second kappa shape index (κ2) is 6.27. The lowest BCUT2D eigenvalue weighted by molar-refractivity contribution is 0.569. The Morgan fingerprint density at radius 3 is 2.50 bits per heavy atom. The first-order valence-corrected chi connectivity index (χ1v) is 6.27. The lowest BCUT2D eigenvalue weighted by Gasteiger charge is -2.14. The smallest absolute Gasteiger partial charge is 0.140 e. The zero-order chi connectivity index (χ0) is 14.5. The summed E-state index contributed by atoms with van der Waals surface area (Å²) in [6, 6.07) is 12.6. The van der Waals surface area contributed by atoms with Crippen molar-refractivity contribution >= 4 is 0 Å². The first-order chi connectivity index (χ1) is 9.60. The molecule has 0 saturated carbocycles. The second-order valence-corrected chi connectivity index (χ2v) is 4.58. The van der Waals surface area contributed by atoms with E-state index in [1.54, 1.807) is 18.2 Å². The summed E-state index contributed by atoms with van der Waals surface area (Å²) in [5.41, 5.74) is 1.84. The Bertz CT molecular complexity index is 630. The van der Waals surface area contributed by atoms with Crippen molar-refractivity contribution in [3.63, 3.8) is 0 Å². The van der Waals surface area contributed by atoms with Crippen molar-refractivity contribution in [3.8, 4) is 6.07 Å². The first-order valence-electron chi connectivity index (χ1n) is 6.27. The van der Waals surface area contributed by atoms with Crippen LogP contribution >= 0.6 is 0 Å². The number of nitrogens with zero attached hydrogens (tertiary/aromatic N) is 1. The van der Waals surface area contributed by atoms with E-state index in [0.717, 1.165) is 11.1 Å². The largest absolute Gasteiger partial charge is 0.306 e. The minimum Gasteiger partial charge on any atom is -0.306 e. The first kappa shape index (κ1) is 14.2. The molecule has 2 aromatic carbocycles. The summed E-state index contributed by atoms with van der Waals surface area (Å²) in [4.78, 5) is 0. The van der Waals surface area contributed by atoms with Crippen LogP contribution in [0.1, 0.15) is 29.7 Å². The van der Waals surface area contributed by atoms with Crippen LogP contribution in [0.15, 0.2) is 42.5 Å². The summed E-state index contributed by atoms with van der Waals surface area (Å²) in [7, 11) is 0. The van der Waals surface area contributed by atoms with Gasteiger partial charge in [-0.25, -0.2) is 8.78 Å². The molecule has 102 valence electrons. The summed E-state index contributed by atoms with van der Waals surface area (Å²) in [5, 5.41) is 12.0. The molecule has 0 aliphatic heterocycles. The van der Waals surface area contributed by atoms with Crippen molar-refractivity contribution in [3.05, 3.63) is 70.8 Å². The monoisotopic (exact) mass is 272 g/mol. The van der Waals surface area contributed by atoms with E-state index in [1.807, 2.05) is 13.0 Å². The molecule has 2 nitrogen and oxygen atoms in total. The summed E-state index contributed by atoms with van der Waals surface area (Å²) >= 11 is 0. The molecule has 2 rings (SSSR count). The van der Waals surface area contributed by atoms with Crippen LogP contribution in [0.4, 0.5) is 8.78 Å². The van der Waals surface area contributed by atoms with Crippen LogP contribution in [0.3, 0.4) is 0 Å². The van der Waals surface area contributed by atoms with Crippen LogP contribution < -0.4 is 5.32 Å². The minimum atomic E-state index is -0.511. The van der Waals surface area contributed by atoms with Gasteiger partial charge in [0.05, 0.1) is 5.56 Å². The van der Waals surface area contributed by atoms with Gasteiger partial charge in [-0.05, 0) is 42.3 Å². The Hall–Kier alpha value is -2.25. The molecule has 0 bridgehead atoms. The van der Waals surface area contributed by atoms with E-state index in [1.165, 1.54) is 24.3 Å². The summed E-state index contributed by atoms with van der Waals surface area (Å²) in [6.07, 6.45) is 0. The minimum absolute atomic E-state index is 0.0335. The van der Waals surface area contributed by atoms with Gasteiger partial charge in [0.1, 0.15) is 17.7 Å². The van der Waals surface area contributed by atoms with E-state index in [0.29, 0.717) is 6.54 Å². The van der Waals surface area contributed by atoms with Crippen molar-refractivity contribution in [2.45, 2.75) is 19.5 Å². The lowest BCUT2D eigenvalue weighted by atomic mass is 10.1. The Labute approximate surface area is 116 Å². The molecule has 0 saturated heterocycles. The van der Waals surface area contributed by atoms with E-state index in [4.69, 9.17) is 5.26 Å². The molecule has 0 aliphatic rings. The van der Waals surface area contributed by atoms with Crippen LogP contribution in [0.2, 0.25) is 0 Å². The molecule has 0 spiro atoms. The summed E-state index contributed by atoms with van der Waals surface area (Å²) < 4.78 is 26.0. The van der Waals surface area contributed by atoms with E-state index >= 15 is 0 Å². The Morgan fingerprint density at radius 1 is 1.15 bits per heavy atom. The average Bonchev–Trinajstić information content (AvgIpc) is 2.46. The predicted molar refractivity (Wildman–Crippen MR) is 72.8 cm³/mol. The number of hydrogen-bond donors (Lipinski definition) is 1. The Morgan fingerprint density at radius 2 is 1.85 bits per heavy atom. The van der Waals surface area contributed by atoms with Gasteiger partial charge in [0.2, 0.25) is 0 Å². The van der Waals surface area contributed by atoms with Gasteiger partial charge in [0.25, 0.3) is 0 Å². The van der Waals surface area contributed by atoms with Gasteiger partial charge < -0.3 is 5.32 Å². The van der Waals surface area contributed by atoms with E-state index in [9.17, 15) is 8.78 Å². The third-order valence-electron chi connectivity index (χ3n) is 3.13. The average molecular weight is 272 g/mol. The zero-order valence-electron chi connectivity index (χ0n) is 11.0. The number of rotatable bonds is 4. The van der Waals surface area contributed by atoms with Gasteiger partial charge in [-0.15, -0.1) is 0 Å². The van der Waals surface area contributed by atoms with Gasteiger partial charge in [-0.3, -0.25) is 0 Å². The number of benzene rings is 2. The molecule has 20 heavy (non-hydrogen) atoms. The van der Waals surface area contributed by atoms with E-state index in [-0.39, 0.29) is 17.4 Å². The Balaban J connectivity index is 2.01. The summed E-state index contributed by atoms with van der Waals surface area (Å²) in [5.74, 6) is -0.777. The van der Waals surface area contributed by atoms with Gasteiger partial charge in [0, 0.05) is 12.6 Å². The van der Waals surface area contributed by atoms with Crippen molar-refractivity contribution < 1.29 is 8.78 Å². The van der Waals surface area contributed by atoms with Crippen molar-refractivity contribution in [1.29, 1.82) is 5.26 Å². The van der Waals surface area contributed by atoms with E-state index in [2.05, 4.69) is 5.32 Å². The standard InChI is InChI=1S/C16H14F2N2/c1-11(13-3-5-15(17)6-4-13)20-10-12-2-7-16(18)14(8-12)9-19/h2-8,11,20H,10H2,1H3/t11-/m1/s1. The highest BCUT2D eigenvalue weighted by Gasteiger charge is 2.07. The zero-order valence-corrected chi connectivity index (χ0v) is 11.0. The fourth-order valence-corrected chi connectivity index (χ4v) is 1.91. The topological polar surface area (TPSA) is 35.8 Å². The van der Waals surface area contributed by atoms with Crippen LogP contribution in [0.25, 0.3) is 0 Å². The molecule has 0 radical (unpaired) electrons. The fourth-order valence-electron chi connectivity index (χ4n) is 1.91. The molecule has 1 N–H and O–H groups in total. The molecule has 2 aromatic rings. The second-order valence-electron chi connectivity index (χ2n) is 4.58. The highest BCUT2D eigenvalue weighted by Crippen LogP contribution is 2.15. The van der Waals surface area contributed by atoms with Crippen molar-refractivity contribution in [1.82, 2.24) is 5.32 Å². The van der Waals surface area contributed by atoms with Crippen LogP contribution in [-0.4, -0.2) is 0 Å². The quantitative estimate of drug-likeness (QED) is 0.921. The molecule has 0 aromatic heterocycles. The van der Waals surface area contributed by atoms with Gasteiger partial charge in [-0.1, -0.05) is 18.2 Å². The molecule has 1 atom stereocenters. The summed E-state index contributed by atoms with van der Waals surface area (Å²) in [6.45, 7) is 2.47. The molecular weight excluding hydrogens is 258 g/mol. The third kappa shape index (κ3) is 3.40. The molecule has 0 amide bonds. The maximum Gasteiger partial charge on any atom is 0.140 e. The number of hydrogen-bond acceptors (Lipinski definition) is 2.